The lowest BCUT2D eigenvalue weighted by Gasteiger charge is -2.24. The number of amides is 1. The zero-order valence-electron chi connectivity index (χ0n) is 15.1. The molecule has 1 fully saturated rings. The molecule has 1 aliphatic rings. The summed E-state index contributed by atoms with van der Waals surface area (Å²) in [5.74, 6) is 0.673. The van der Waals surface area contributed by atoms with Crippen LogP contribution in [0.25, 0.3) is 11.3 Å². The standard InChI is InChI=1S/C19H21N5O2/c1-12-6-7-14(10-20-12)19(25)24-8-4-5-16(24)18-15(11-23(3)21-18)17-9-13(2)22-26-17/h6-7,9-11,16H,4-5,8H2,1-3H3/t16-/m1/s1. The van der Waals surface area contributed by atoms with Gasteiger partial charge in [0.15, 0.2) is 5.76 Å². The van der Waals surface area contributed by atoms with Crippen molar-refractivity contribution in [1.29, 1.82) is 0 Å². The Morgan fingerprint density at radius 3 is 2.81 bits per heavy atom. The highest BCUT2D eigenvalue weighted by Crippen LogP contribution is 2.37. The molecule has 0 spiro atoms. The zero-order chi connectivity index (χ0) is 18.3. The van der Waals surface area contributed by atoms with Gasteiger partial charge in [0.25, 0.3) is 5.91 Å². The zero-order valence-corrected chi connectivity index (χ0v) is 15.1. The molecule has 1 amide bonds. The van der Waals surface area contributed by atoms with Crippen LogP contribution < -0.4 is 0 Å². The maximum Gasteiger partial charge on any atom is 0.255 e. The van der Waals surface area contributed by atoms with Gasteiger partial charge in [-0.15, -0.1) is 0 Å². The maximum atomic E-state index is 13.0. The Balaban J connectivity index is 1.69. The molecule has 0 unspecified atom stereocenters. The SMILES string of the molecule is Cc1ccc(C(=O)N2CCC[C@@H]2c2nn(C)cc2-c2cc(C)no2)cn1. The molecule has 0 N–H and O–H groups in total. The smallest absolute Gasteiger partial charge is 0.255 e. The summed E-state index contributed by atoms with van der Waals surface area (Å²) in [7, 11) is 1.88. The number of rotatable bonds is 3. The van der Waals surface area contributed by atoms with Crippen molar-refractivity contribution < 1.29 is 9.32 Å². The fraction of sp³-hybridized carbons (Fsp3) is 0.368. The van der Waals surface area contributed by atoms with E-state index < -0.39 is 0 Å². The molecular formula is C19H21N5O2. The number of aryl methyl sites for hydroxylation is 3. The third-order valence-electron chi connectivity index (χ3n) is 4.74. The van der Waals surface area contributed by atoms with E-state index in [2.05, 4.69) is 15.2 Å². The fourth-order valence-corrected chi connectivity index (χ4v) is 3.49. The van der Waals surface area contributed by atoms with Gasteiger partial charge >= 0.3 is 0 Å². The van der Waals surface area contributed by atoms with Crippen LogP contribution in [0.1, 0.15) is 46.3 Å². The number of carbonyl (C=O) groups is 1. The second-order valence-electron chi connectivity index (χ2n) is 6.78. The van der Waals surface area contributed by atoms with Gasteiger partial charge in [-0.1, -0.05) is 5.16 Å². The Bertz CT molecular complexity index is 941. The highest BCUT2D eigenvalue weighted by Gasteiger charge is 2.34. The van der Waals surface area contributed by atoms with E-state index in [1.54, 1.807) is 10.9 Å². The van der Waals surface area contributed by atoms with Crippen LogP contribution in [0.2, 0.25) is 0 Å². The van der Waals surface area contributed by atoms with E-state index in [4.69, 9.17) is 4.52 Å². The molecule has 26 heavy (non-hydrogen) atoms. The molecule has 7 heteroatoms. The van der Waals surface area contributed by atoms with Crippen LogP contribution in [-0.4, -0.2) is 37.3 Å². The summed E-state index contributed by atoms with van der Waals surface area (Å²) in [4.78, 5) is 19.2. The van der Waals surface area contributed by atoms with Gasteiger partial charge in [0, 0.05) is 37.7 Å². The van der Waals surface area contributed by atoms with E-state index in [0.717, 1.165) is 35.5 Å². The minimum atomic E-state index is -0.0783. The van der Waals surface area contributed by atoms with Crippen molar-refractivity contribution in [2.45, 2.75) is 32.7 Å². The summed E-state index contributed by atoms with van der Waals surface area (Å²) in [5, 5.41) is 8.62. The van der Waals surface area contributed by atoms with Gasteiger partial charge in [0.05, 0.1) is 28.6 Å². The first-order valence-electron chi connectivity index (χ1n) is 8.74. The minimum absolute atomic E-state index is 0.00893. The predicted octanol–water partition coefficient (Wildman–Crippen LogP) is 3.06. The first-order chi connectivity index (χ1) is 12.5. The van der Waals surface area contributed by atoms with Crippen molar-refractivity contribution in [3.05, 3.63) is 53.2 Å². The van der Waals surface area contributed by atoms with Crippen molar-refractivity contribution in [3.8, 4) is 11.3 Å². The lowest BCUT2D eigenvalue weighted by Crippen LogP contribution is -2.31. The lowest BCUT2D eigenvalue weighted by molar-refractivity contribution is 0.0732. The molecule has 0 aromatic carbocycles. The molecular weight excluding hydrogens is 330 g/mol. The highest BCUT2D eigenvalue weighted by atomic mass is 16.5. The molecule has 3 aromatic rings. The topological polar surface area (TPSA) is 77.0 Å². The average molecular weight is 351 g/mol. The lowest BCUT2D eigenvalue weighted by atomic mass is 10.0. The van der Waals surface area contributed by atoms with E-state index in [0.29, 0.717) is 17.9 Å². The maximum absolute atomic E-state index is 13.0. The molecule has 4 heterocycles. The molecule has 1 aliphatic heterocycles. The summed E-state index contributed by atoms with van der Waals surface area (Å²) in [6, 6.07) is 5.51. The normalized spacial score (nSPS) is 17.0. The predicted molar refractivity (Wildman–Crippen MR) is 95.4 cm³/mol. The van der Waals surface area contributed by atoms with Gasteiger partial charge < -0.3 is 9.42 Å². The van der Waals surface area contributed by atoms with Gasteiger partial charge in [-0.2, -0.15) is 5.10 Å². The van der Waals surface area contributed by atoms with Gasteiger partial charge in [-0.05, 0) is 38.8 Å². The van der Waals surface area contributed by atoms with Crippen LogP contribution in [-0.2, 0) is 7.05 Å². The summed E-state index contributed by atoms with van der Waals surface area (Å²) >= 11 is 0. The Morgan fingerprint density at radius 2 is 2.12 bits per heavy atom. The number of likely N-dealkylation sites (tertiary alicyclic amines) is 1. The van der Waals surface area contributed by atoms with Crippen LogP contribution >= 0.6 is 0 Å². The summed E-state index contributed by atoms with van der Waals surface area (Å²) in [5.41, 5.74) is 4.07. The third-order valence-corrected chi connectivity index (χ3v) is 4.74. The fourth-order valence-electron chi connectivity index (χ4n) is 3.49. The largest absolute Gasteiger partial charge is 0.356 e. The number of pyridine rings is 1. The Labute approximate surface area is 151 Å². The van der Waals surface area contributed by atoms with Crippen LogP contribution in [0.15, 0.2) is 35.1 Å². The Morgan fingerprint density at radius 1 is 1.27 bits per heavy atom. The quantitative estimate of drug-likeness (QED) is 0.725. The first-order valence-corrected chi connectivity index (χ1v) is 8.74. The van der Waals surface area contributed by atoms with Gasteiger partial charge in [0.2, 0.25) is 0 Å². The number of carbonyl (C=O) groups excluding carboxylic acids is 1. The number of nitrogens with zero attached hydrogens (tertiary/aromatic N) is 5. The van der Waals surface area contributed by atoms with Crippen LogP contribution in [0.5, 0.6) is 0 Å². The number of aromatic nitrogens is 4. The molecule has 0 saturated carbocycles. The highest BCUT2D eigenvalue weighted by molar-refractivity contribution is 5.94. The molecule has 1 saturated heterocycles. The molecule has 3 aromatic heterocycles. The van der Waals surface area contributed by atoms with Crippen molar-refractivity contribution in [3.63, 3.8) is 0 Å². The van der Waals surface area contributed by atoms with E-state index in [1.807, 2.05) is 50.2 Å². The summed E-state index contributed by atoms with van der Waals surface area (Å²) < 4.78 is 7.20. The van der Waals surface area contributed by atoms with E-state index in [9.17, 15) is 4.79 Å². The number of hydrogen-bond acceptors (Lipinski definition) is 5. The summed E-state index contributed by atoms with van der Waals surface area (Å²) in [6.07, 6.45) is 5.39. The van der Waals surface area contributed by atoms with Crippen molar-refractivity contribution in [2.75, 3.05) is 6.54 Å². The van der Waals surface area contributed by atoms with Gasteiger partial charge in [-0.25, -0.2) is 0 Å². The summed E-state index contributed by atoms with van der Waals surface area (Å²) in [6.45, 7) is 4.51. The van der Waals surface area contributed by atoms with Crippen molar-refractivity contribution in [2.24, 2.45) is 7.05 Å². The van der Waals surface area contributed by atoms with E-state index in [1.165, 1.54) is 0 Å². The number of hydrogen-bond donors (Lipinski definition) is 0. The molecule has 0 radical (unpaired) electrons. The molecule has 134 valence electrons. The molecule has 4 rings (SSSR count). The third kappa shape index (κ3) is 2.89. The molecule has 7 nitrogen and oxygen atoms in total. The van der Waals surface area contributed by atoms with Crippen molar-refractivity contribution in [1.82, 2.24) is 24.8 Å². The molecule has 0 aliphatic carbocycles. The average Bonchev–Trinajstić information content (AvgIpc) is 3.33. The molecule has 0 bridgehead atoms. The minimum Gasteiger partial charge on any atom is -0.356 e. The van der Waals surface area contributed by atoms with E-state index in [-0.39, 0.29) is 11.9 Å². The Hall–Kier alpha value is -2.96. The monoisotopic (exact) mass is 351 g/mol. The van der Waals surface area contributed by atoms with Crippen molar-refractivity contribution >= 4 is 5.91 Å². The Kier molecular flexibility index (Phi) is 4.06. The molecule has 1 atom stereocenters. The van der Waals surface area contributed by atoms with E-state index >= 15 is 0 Å². The van der Waals surface area contributed by atoms with Crippen LogP contribution in [0.4, 0.5) is 0 Å². The second-order valence-corrected chi connectivity index (χ2v) is 6.78. The van der Waals surface area contributed by atoms with Gasteiger partial charge in [0.1, 0.15) is 0 Å². The second kappa shape index (κ2) is 6.40. The first kappa shape index (κ1) is 16.5. The van der Waals surface area contributed by atoms with Gasteiger partial charge in [-0.3, -0.25) is 14.5 Å². The van der Waals surface area contributed by atoms with Crippen LogP contribution in [0, 0.1) is 13.8 Å². The van der Waals surface area contributed by atoms with Crippen LogP contribution in [0.3, 0.4) is 0 Å².